The van der Waals surface area contributed by atoms with E-state index >= 15 is 0 Å². The van der Waals surface area contributed by atoms with E-state index in [-0.39, 0.29) is 18.4 Å². The highest BCUT2D eigenvalue weighted by Gasteiger charge is 2.34. The summed E-state index contributed by atoms with van der Waals surface area (Å²) in [5, 5.41) is 8.32. The van der Waals surface area contributed by atoms with Gasteiger partial charge in [0.25, 0.3) is 5.91 Å². The van der Waals surface area contributed by atoms with Crippen LogP contribution in [0, 0.1) is 0 Å². The average Bonchev–Trinajstić information content (AvgIpc) is 3.33. The van der Waals surface area contributed by atoms with Crippen molar-refractivity contribution in [1.82, 2.24) is 5.01 Å². The van der Waals surface area contributed by atoms with E-state index in [1.165, 1.54) is 11.3 Å². The first-order valence-electron chi connectivity index (χ1n) is 10.7. The van der Waals surface area contributed by atoms with E-state index in [4.69, 9.17) is 14.2 Å². The zero-order valence-electron chi connectivity index (χ0n) is 17.8. The molecule has 5 rings (SSSR count). The van der Waals surface area contributed by atoms with Crippen molar-refractivity contribution in [3.8, 4) is 0 Å². The molecule has 3 aromatic carbocycles. The molecule has 7 nitrogen and oxygen atoms in total. The fourth-order valence-corrected chi connectivity index (χ4v) is 3.96. The molecule has 0 radical (unpaired) electrons. The molecule has 166 valence electrons. The molecule has 7 heteroatoms. The van der Waals surface area contributed by atoms with E-state index < -0.39 is 18.5 Å². The second-order valence-electron chi connectivity index (χ2n) is 7.76. The summed E-state index contributed by atoms with van der Waals surface area (Å²) < 4.78 is 15.4. The minimum atomic E-state index is -0.739. The van der Waals surface area contributed by atoms with Crippen molar-refractivity contribution in [2.45, 2.75) is 12.5 Å². The SMILES string of the molecule is O=C(OCC(=O)N1N=C(c2ccc3ccccc3c2)C[C@@H]1c1ccccc1)C1=COCCO1. The molecule has 0 saturated carbocycles. The van der Waals surface area contributed by atoms with Gasteiger partial charge in [-0.25, -0.2) is 9.80 Å². The number of amides is 1. The maximum absolute atomic E-state index is 13.1. The summed E-state index contributed by atoms with van der Waals surface area (Å²) in [6.07, 6.45) is 1.76. The molecular weight excluding hydrogens is 420 g/mol. The van der Waals surface area contributed by atoms with Crippen molar-refractivity contribution in [2.75, 3.05) is 19.8 Å². The third-order valence-electron chi connectivity index (χ3n) is 5.61. The van der Waals surface area contributed by atoms with Crippen LogP contribution in [0.1, 0.15) is 23.6 Å². The number of carbonyl (C=O) groups excluding carboxylic acids is 2. The van der Waals surface area contributed by atoms with E-state index in [9.17, 15) is 9.59 Å². The maximum atomic E-state index is 13.1. The van der Waals surface area contributed by atoms with Crippen LogP contribution in [0.15, 0.2) is 89.9 Å². The highest BCUT2D eigenvalue weighted by atomic mass is 16.6. The Morgan fingerprint density at radius 1 is 0.970 bits per heavy atom. The number of esters is 1. The van der Waals surface area contributed by atoms with Crippen LogP contribution in [0.25, 0.3) is 10.8 Å². The highest BCUT2D eigenvalue weighted by molar-refractivity contribution is 6.05. The number of hydrogen-bond donors (Lipinski definition) is 0. The molecule has 1 amide bonds. The number of nitrogens with zero attached hydrogens (tertiary/aromatic N) is 2. The van der Waals surface area contributed by atoms with Gasteiger partial charge in [0, 0.05) is 6.42 Å². The number of fused-ring (bicyclic) bond motifs is 1. The van der Waals surface area contributed by atoms with Crippen molar-refractivity contribution in [3.05, 3.63) is 95.9 Å². The lowest BCUT2D eigenvalue weighted by atomic mass is 9.97. The van der Waals surface area contributed by atoms with Gasteiger partial charge in [-0.2, -0.15) is 5.10 Å². The Morgan fingerprint density at radius 3 is 2.55 bits per heavy atom. The average molecular weight is 442 g/mol. The lowest BCUT2D eigenvalue weighted by Gasteiger charge is -2.22. The second kappa shape index (κ2) is 9.16. The molecule has 0 aromatic heterocycles. The highest BCUT2D eigenvalue weighted by Crippen LogP contribution is 2.33. The van der Waals surface area contributed by atoms with Gasteiger partial charge in [0.2, 0.25) is 5.76 Å². The van der Waals surface area contributed by atoms with Gasteiger partial charge in [0.15, 0.2) is 6.61 Å². The summed E-state index contributed by atoms with van der Waals surface area (Å²) in [6, 6.07) is 23.7. The van der Waals surface area contributed by atoms with E-state index in [0.29, 0.717) is 13.0 Å². The number of ether oxygens (including phenoxy) is 3. The van der Waals surface area contributed by atoms with Gasteiger partial charge >= 0.3 is 5.97 Å². The van der Waals surface area contributed by atoms with Crippen LogP contribution >= 0.6 is 0 Å². The Bertz CT molecular complexity index is 1250. The van der Waals surface area contributed by atoms with Gasteiger partial charge in [-0.15, -0.1) is 0 Å². The second-order valence-corrected chi connectivity index (χ2v) is 7.76. The number of hydrogen-bond acceptors (Lipinski definition) is 6. The molecule has 0 fully saturated rings. The molecule has 2 aliphatic rings. The van der Waals surface area contributed by atoms with E-state index in [0.717, 1.165) is 27.6 Å². The van der Waals surface area contributed by atoms with E-state index in [1.54, 1.807) is 0 Å². The monoisotopic (exact) mass is 442 g/mol. The molecule has 0 unspecified atom stereocenters. The summed E-state index contributed by atoms with van der Waals surface area (Å²) in [5.74, 6) is -1.20. The van der Waals surface area contributed by atoms with Gasteiger partial charge in [-0.1, -0.05) is 66.7 Å². The fraction of sp³-hybridized carbons (Fsp3) is 0.192. The Hall–Kier alpha value is -4.13. The van der Waals surface area contributed by atoms with Gasteiger partial charge in [0.05, 0.1) is 11.8 Å². The minimum Gasteiger partial charge on any atom is -0.493 e. The zero-order chi connectivity index (χ0) is 22.6. The first kappa shape index (κ1) is 20.8. The Balaban J connectivity index is 1.38. The molecule has 0 saturated heterocycles. The number of hydrazone groups is 1. The first-order valence-corrected chi connectivity index (χ1v) is 10.7. The molecule has 1 atom stereocenters. The molecule has 0 aliphatic carbocycles. The summed E-state index contributed by atoms with van der Waals surface area (Å²) in [7, 11) is 0. The van der Waals surface area contributed by atoms with E-state index in [2.05, 4.69) is 29.4 Å². The van der Waals surface area contributed by atoms with Gasteiger partial charge < -0.3 is 14.2 Å². The quantitative estimate of drug-likeness (QED) is 0.559. The van der Waals surface area contributed by atoms with Crippen LogP contribution in [0.2, 0.25) is 0 Å². The molecule has 0 bridgehead atoms. The number of carbonyl (C=O) groups is 2. The van der Waals surface area contributed by atoms with Crippen molar-refractivity contribution in [1.29, 1.82) is 0 Å². The number of rotatable bonds is 5. The molecule has 2 heterocycles. The topological polar surface area (TPSA) is 77.4 Å². The van der Waals surface area contributed by atoms with Crippen LogP contribution in [-0.2, 0) is 23.8 Å². The van der Waals surface area contributed by atoms with Crippen molar-refractivity contribution in [3.63, 3.8) is 0 Å². The molecule has 3 aromatic rings. The Kier molecular flexibility index (Phi) is 5.76. The lowest BCUT2D eigenvalue weighted by Crippen LogP contribution is -2.32. The Morgan fingerprint density at radius 2 is 1.76 bits per heavy atom. The van der Waals surface area contributed by atoms with Gasteiger partial charge in [-0.05, 0) is 28.0 Å². The molecule has 33 heavy (non-hydrogen) atoms. The van der Waals surface area contributed by atoms with Crippen LogP contribution < -0.4 is 0 Å². The van der Waals surface area contributed by atoms with Crippen LogP contribution in [-0.4, -0.2) is 42.4 Å². The predicted molar refractivity (Wildman–Crippen MR) is 122 cm³/mol. The van der Waals surface area contributed by atoms with Crippen LogP contribution in [0.4, 0.5) is 0 Å². The standard InChI is InChI=1S/C26H22N2O5/c29-25(17-33-26(30)24-16-31-12-13-32-24)28-23(19-7-2-1-3-8-19)15-22(27-28)21-11-10-18-6-4-5-9-20(18)14-21/h1-11,14,16,23H,12-13,15,17H2/t23-/m1/s1. The summed E-state index contributed by atoms with van der Waals surface area (Å²) in [4.78, 5) is 25.2. The smallest absolute Gasteiger partial charge is 0.377 e. The normalized spacial score (nSPS) is 17.6. The van der Waals surface area contributed by atoms with Crippen LogP contribution in [0.3, 0.4) is 0 Å². The predicted octanol–water partition coefficient (Wildman–Crippen LogP) is 3.95. The van der Waals surface area contributed by atoms with Gasteiger partial charge in [-0.3, -0.25) is 4.79 Å². The number of benzene rings is 3. The summed E-state index contributed by atoms with van der Waals surface area (Å²) in [5.41, 5.74) is 2.73. The maximum Gasteiger partial charge on any atom is 0.377 e. The molecule has 0 spiro atoms. The van der Waals surface area contributed by atoms with E-state index in [1.807, 2.05) is 48.5 Å². The summed E-state index contributed by atoms with van der Waals surface area (Å²) in [6.45, 7) is 0.183. The lowest BCUT2D eigenvalue weighted by molar-refractivity contribution is -0.153. The van der Waals surface area contributed by atoms with Crippen molar-refractivity contribution >= 4 is 28.4 Å². The third kappa shape index (κ3) is 4.43. The summed E-state index contributed by atoms with van der Waals surface area (Å²) >= 11 is 0. The molecule has 0 N–H and O–H groups in total. The fourth-order valence-electron chi connectivity index (χ4n) is 3.96. The molecule has 2 aliphatic heterocycles. The van der Waals surface area contributed by atoms with Gasteiger partial charge in [0.1, 0.15) is 19.5 Å². The zero-order valence-corrected chi connectivity index (χ0v) is 17.8. The van der Waals surface area contributed by atoms with Crippen LogP contribution in [0.5, 0.6) is 0 Å². The molecular formula is C26H22N2O5. The minimum absolute atomic E-state index is 0.0459. The largest absolute Gasteiger partial charge is 0.493 e. The van der Waals surface area contributed by atoms with Crippen molar-refractivity contribution in [2.24, 2.45) is 5.10 Å². The first-order chi connectivity index (χ1) is 16.2. The third-order valence-corrected chi connectivity index (χ3v) is 5.61. The Labute approximate surface area is 190 Å². The van der Waals surface area contributed by atoms with Crippen molar-refractivity contribution < 1.29 is 23.8 Å².